The van der Waals surface area contributed by atoms with Gasteiger partial charge >= 0.3 is 0 Å². The number of guanidine groups is 1. The van der Waals surface area contributed by atoms with Crippen molar-refractivity contribution in [2.75, 3.05) is 33.6 Å². The molecular formula is C14H25N5O3. The van der Waals surface area contributed by atoms with E-state index in [-0.39, 0.29) is 6.04 Å². The maximum Gasteiger partial charge on any atom is 0.276 e. The fourth-order valence-electron chi connectivity index (χ4n) is 3.79. The Bertz CT molecular complexity index is 432. The smallest absolute Gasteiger partial charge is 0.276 e. The SMILES string of the molecule is CN1CN(C2CCCCC2)CN(C2CCOC2)C1=N[N+](=O)[O-]. The molecule has 22 heavy (non-hydrogen) atoms. The Labute approximate surface area is 130 Å². The van der Waals surface area contributed by atoms with Gasteiger partial charge in [-0.25, -0.2) is 10.1 Å². The second-order valence-corrected chi connectivity index (χ2v) is 6.49. The van der Waals surface area contributed by atoms with E-state index in [0.29, 0.717) is 25.3 Å². The molecular weight excluding hydrogens is 286 g/mol. The topological polar surface area (TPSA) is 74.5 Å². The van der Waals surface area contributed by atoms with Gasteiger partial charge in [0.15, 0.2) is 5.03 Å². The summed E-state index contributed by atoms with van der Waals surface area (Å²) < 4.78 is 5.48. The molecule has 1 unspecified atom stereocenters. The third kappa shape index (κ3) is 3.33. The molecule has 2 heterocycles. The standard InChI is InChI=1S/C14H25N5O3/c1-16-10-17(12-5-3-2-4-6-12)11-18(13-7-8-22-9-13)14(16)15-19(20)21/h12-13H,2-11H2,1H3. The summed E-state index contributed by atoms with van der Waals surface area (Å²) in [6.07, 6.45) is 7.26. The fourth-order valence-corrected chi connectivity index (χ4v) is 3.79. The quantitative estimate of drug-likeness (QED) is 0.574. The lowest BCUT2D eigenvalue weighted by Crippen LogP contribution is -2.62. The van der Waals surface area contributed by atoms with Crippen LogP contribution >= 0.6 is 0 Å². The van der Waals surface area contributed by atoms with E-state index in [1.807, 2.05) is 11.9 Å². The van der Waals surface area contributed by atoms with Gasteiger partial charge in [-0.2, -0.15) is 0 Å². The van der Waals surface area contributed by atoms with Crippen molar-refractivity contribution in [3.8, 4) is 0 Å². The monoisotopic (exact) mass is 311 g/mol. The Morgan fingerprint density at radius 2 is 1.95 bits per heavy atom. The van der Waals surface area contributed by atoms with Crippen LogP contribution in [0.5, 0.6) is 0 Å². The van der Waals surface area contributed by atoms with Crippen LogP contribution in [0.2, 0.25) is 0 Å². The summed E-state index contributed by atoms with van der Waals surface area (Å²) in [4.78, 5) is 17.3. The van der Waals surface area contributed by atoms with Crippen molar-refractivity contribution in [2.45, 2.75) is 50.6 Å². The minimum atomic E-state index is -0.592. The number of nitrogens with zero attached hydrogens (tertiary/aromatic N) is 5. The first-order valence-corrected chi connectivity index (χ1v) is 8.17. The molecule has 2 saturated heterocycles. The minimum absolute atomic E-state index is 0.188. The zero-order chi connectivity index (χ0) is 15.5. The molecule has 0 amide bonds. The molecule has 0 aromatic heterocycles. The van der Waals surface area contributed by atoms with Crippen molar-refractivity contribution in [1.82, 2.24) is 14.7 Å². The third-order valence-electron chi connectivity index (χ3n) is 4.93. The Hall–Kier alpha value is -1.41. The first kappa shape index (κ1) is 15.5. The third-order valence-corrected chi connectivity index (χ3v) is 4.93. The van der Waals surface area contributed by atoms with Crippen LogP contribution in [0, 0.1) is 10.1 Å². The summed E-state index contributed by atoms with van der Waals surface area (Å²) in [5, 5.41) is 13.9. The molecule has 2 aliphatic heterocycles. The van der Waals surface area contributed by atoms with E-state index in [2.05, 4.69) is 14.9 Å². The zero-order valence-corrected chi connectivity index (χ0v) is 13.2. The van der Waals surface area contributed by atoms with E-state index in [0.717, 1.165) is 19.7 Å². The van der Waals surface area contributed by atoms with Crippen molar-refractivity contribution in [3.63, 3.8) is 0 Å². The molecule has 8 nitrogen and oxygen atoms in total. The molecule has 3 fully saturated rings. The number of ether oxygens (including phenoxy) is 1. The summed E-state index contributed by atoms with van der Waals surface area (Å²) in [5.74, 6) is 0.465. The first-order valence-electron chi connectivity index (χ1n) is 8.17. The number of hydrogen-bond acceptors (Lipinski definition) is 4. The normalized spacial score (nSPS) is 30.2. The molecule has 0 bridgehead atoms. The highest BCUT2D eigenvalue weighted by Crippen LogP contribution is 2.26. The van der Waals surface area contributed by atoms with Crippen LogP contribution in [-0.2, 0) is 4.74 Å². The zero-order valence-electron chi connectivity index (χ0n) is 13.2. The van der Waals surface area contributed by atoms with Crippen LogP contribution in [0.4, 0.5) is 0 Å². The van der Waals surface area contributed by atoms with Gasteiger partial charge in [0.05, 0.1) is 26.0 Å². The van der Waals surface area contributed by atoms with E-state index in [1.54, 1.807) is 0 Å². The molecule has 0 radical (unpaired) electrons. The van der Waals surface area contributed by atoms with Crippen molar-refractivity contribution in [2.24, 2.45) is 5.10 Å². The van der Waals surface area contributed by atoms with Crippen molar-refractivity contribution < 1.29 is 9.77 Å². The van der Waals surface area contributed by atoms with Crippen LogP contribution in [0.15, 0.2) is 5.10 Å². The first-order chi connectivity index (χ1) is 10.6. The lowest BCUT2D eigenvalue weighted by molar-refractivity contribution is -0.486. The van der Waals surface area contributed by atoms with Crippen LogP contribution < -0.4 is 0 Å². The molecule has 3 aliphatic rings. The molecule has 1 atom stereocenters. The maximum absolute atomic E-state index is 10.9. The highest BCUT2D eigenvalue weighted by Gasteiger charge is 2.37. The fraction of sp³-hybridized carbons (Fsp3) is 0.929. The van der Waals surface area contributed by atoms with Gasteiger partial charge in [0, 0.05) is 19.7 Å². The van der Waals surface area contributed by atoms with E-state index in [4.69, 9.17) is 4.74 Å². The molecule has 0 spiro atoms. The summed E-state index contributed by atoms with van der Waals surface area (Å²) >= 11 is 0. The minimum Gasteiger partial charge on any atom is -0.379 e. The molecule has 0 aromatic carbocycles. The van der Waals surface area contributed by atoms with Crippen LogP contribution in [0.25, 0.3) is 0 Å². The molecule has 124 valence electrons. The summed E-state index contributed by atoms with van der Waals surface area (Å²) in [5.41, 5.74) is 0. The van der Waals surface area contributed by atoms with Gasteiger partial charge in [0.1, 0.15) is 5.10 Å². The lowest BCUT2D eigenvalue weighted by Gasteiger charge is -2.47. The largest absolute Gasteiger partial charge is 0.379 e. The van der Waals surface area contributed by atoms with Crippen LogP contribution in [0.3, 0.4) is 0 Å². The summed E-state index contributed by atoms with van der Waals surface area (Å²) in [7, 11) is 1.89. The van der Waals surface area contributed by atoms with Crippen LogP contribution in [-0.4, -0.2) is 71.4 Å². The Kier molecular flexibility index (Phi) is 4.77. The summed E-state index contributed by atoms with van der Waals surface area (Å²) in [6.45, 7) is 2.78. The molecule has 8 heteroatoms. The predicted octanol–water partition coefficient (Wildman–Crippen LogP) is 1.12. The van der Waals surface area contributed by atoms with Gasteiger partial charge in [0.2, 0.25) is 0 Å². The van der Waals surface area contributed by atoms with Crippen LogP contribution in [0.1, 0.15) is 38.5 Å². The molecule has 3 rings (SSSR count). The summed E-state index contributed by atoms with van der Waals surface area (Å²) in [6, 6.07) is 0.769. The number of hydrogen-bond donors (Lipinski definition) is 0. The predicted molar refractivity (Wildman–Crippen MR) is 81.7 cm³/mol. The van der Waals surface area contributed by atoms with E-state index in [1.165, 1.54) is 32.1 Å². The van der Waals surface area contributed by atoms with Gasteiger partial charge in [-0.05, 0) is 19.3 Å². The Morgan fingerprint density at radius 1 is 1.18 bits per heavy atom. The van der Waals surface area contributed by atoms with E-state index in [9.17, 15) is 10.1 Å². The maximum atomic E-state index is 10.9. The highest BCUT2D eigenvalue weighted by atomic mass is 16.7. The van der Waals surface area contributed by atoms with Crippen molar-refractivity contribution in [3.05, 3.63) is 10.1 Å². The average molecular weight is 311 g/mol. The highest BCUT2D eigenvalue weighted by molar-refractivity contribution is 5.80. The van der Waals surface area contributed by atoms with Crippen molar-refractivity contribution in [1.29, 1.82) is 0 Å². The second-order valence-electron chi connectivity index (χ2n) is 6.49. The Morgan fingerprint density at radius 3 is 2.59 bits per heavy atom. The molecule has 1 aliphatic carbocycles. The number of hydrazone groups is 1. The number of rotatable bonds is 3. The average Bonchev–Trinajstić information content (AvgIpc) is 3.04. The lowest BCUT2D eigenvalue weighted by atomic mass is 9.94. The van der Waals surface area contributed by atoms with E-state index >= 15 is 0 Å². The second kappa shape index (κ2) is 6.78. The number of nitro groups is 1. The molecule has 0 N–H and O–H groups in total. The molecule has 1 saturated carbocycles. The van der Waals surface area contributed by atoms with Gasteiger partial charge < -0.3 is 14.5 Å². The Balaban J connectivity index is 1.77. The van der Waals surface area contributed by atoms with Gasteiger partial charge in [-0.3, -0.25) is 4.90 Å². The van der Waals surface area contributed by atoms with E-state index < -0.39 is 5.03 Å². The van der Waals surface area contributed by atoms with Gasteiger partial charge in [-0.1, -0.05) is 19.3 Å². The molecule has 0 aromatic rings. The van der Waals surface area contributed by atoms with Gasteiger partial charge in [-0.15, -0.1) is 0 Å². The van der Waals surface area contributed by atoms with Crippen molar-refractivity contribution >= 4 is 5.96 Å². The van der Waals surface area contributed by atoms with Gasteiger partial charge in [0.25, 0.3) is 5.96 Å².